The van der Waals surface area contributed by atoms with Gasteiger partial charge in [0.1, 0.15) is 6.33 Å². The zero-order chi connectivity index (χ0) is 12.8. The van der Waals surface area contributed by atoms with Crippen LogP contribution in [0.5, 0.6) is 0 Å². The molecule has 2 rings (SSSR count). The highest BCUT2D eigenvalue weighted by Gasteiger charge is 2.16. The van der Waals surface area contributed by atoms with E-state index in [1.54, 1.807) is 11.0 Å². The summed E-state index contributed by atoms with van der Waals surface area (Å²) in [5, 5.41) is 17.0. The largest absolute Gasteiger partial charge is 0.389 e. The molecular formula is C12H22N4O2. The molecule has 0 amide bonds. The Labute approximate surface area is 107 Å². The van der Waals surface area contributed by atoms with Crippen LogP contribution in [0.4, 0.5) is 0 Å². The Balaban J connectivity index is 1.55. The second-order valence-corrected chi connectivity index (χ2v) is 4.86. The van der Waals surface area contributed by atoms with Gasteiger partial charge in [0.05, 0.1) is 25.4 Å². The maximum absolute atomic E-state index is 9.76. The van der Waals surface area contributed by atoms with Gasteiger partial charge < -0.3 is 15.2 Å². The number of aliphatic hydroxyl groups excluding tert-OH is 1. The number of rotatable bonds is 7. The molecule has 1 aromatic heterocycles. The minimum Gasteiger partial charge on any atom is -0.389 e. The summed E-state index contributed by atoms with van der Waals surface area (Å²) in [4.78, 5) is 4.10. The van der Waals surface area contributed by atoms with Crippen molar-refractivity contribution >= 4 is 0 Å². The third-order valence-corrected chi connectivity index (χ3v) is 3.14. The first-order valence-electron chi connectivity index (χ1n) is 6.59. The van der Waals surface area contributed by atoms with Crippen molar-refractivity contribution in [3.63, 3.8) is 0 Å². The van der Waals surface area contributed by atoms with Crippen molar-refractivity contribution in [3.8, 4) is 0 Å². The van der Waals surface area contributed by atoms with E-state index in [9.17, 15) is 5.11 Å². The zero-order valence-electron chi connectivity index (χ0n) is 10.9. The Kier molecular flexibility index (Phi) is 5.10. The first-order valence-corrected chi connectivity index (χ1v) is 6.59. The van der Waals surface area contributed by atoms with Crippen molar-refractivity contribution in [1.82, 2.24) is 20.1 Å². The second kappa shape index (κ2) is 6.82. The lowest BCUT2D eigenvalue weighted by Crippen LogP contribution is -2.31. The van der Waals surface area contributed by atoms with E-state index in [0.29, 0.717) is 25.8 Å². The van der Waals surface area contributed by atoms with Crippen LogP contribution in [0.3, 0.4) is 0 Å². The highest BCUT2D eigenvalue weighted by atomic mass is 16.5. The highest BCUT2D eigenvalue weighted by Crippen LogP contribution is 2.20. The standard InChI is InChI=1S/C12H22N4O2/c1-16-9-14-12(15-16)7-13-6-10(17)8-18-11-4-2-3-5-11/h9-11,13,17H,2-8H2,1H3. The van der Waals surface area contributed by atoms with Gasteiger partial charge in [0.15, 0.2) is 5.82 Å². The summed E-state index contributed by atoms with van der Waals surface area (Å²) >= 11 is 0. The van der Waals surface area contributed by atoms with E-state index in [-0.39, 0.29) is 0 Å². The van der Waals surface area contributed by atoms with Crippen LogP contribution in [-0.2, 0) is 18.3 Å². The minimum absolute atomic E-state index is 0.358. The molecule has 2 N–H and O–H groups in total. The van der Waals surface area contributed by atoms with Crippen LogP contribution in [0.15, 0.2) is 6.33 Å². The van der Waals surface area contributed by atoms with Gasteiger partial charge >= 0.3 is 0 Å². The maximum Gasteiger partial charge on any atom is 0.164 e. The summed E-state index contributed by atoms with van der Waals surface area (Å²) < 4.78 is 7.31. The summed E-state index contributed by atoms with van der Waals surface area (Å²) in [7, 11) is 1.83. The summed E-state index contributed by atoms with van der Waals surface area (Å²) in [6.45, 7) is 1.49. The molecule has 1 fully saturated rings. The van der Waals surface area contributed by atoms with Gasteiger partial charge in [0.25, 0.3) is 0 Å². The van der Waals surface area contributed by atoms with Crippen molar-refractivity contribution in [2.45, 2.75) is 44.4 Å². The maximum atomic E-state index is 9.76. The molecule has 0 spiro atoms. The Morgan fingerprint density at radius 3 is 3.00 bits per heavy atom. The van der Waals surface area contributed by atoms with E-state index in [0.717, 1.165) is 18.7 Å². The normalized spacial score (nSPS) is 18.3. The molecule has 0 saturated heterocycles. The van der Waals surface area contributed by atoms with E-state index in [2.05, 4.69) is 15.4 Å². The fraction of sp³-hybridized carbons (Fsp3) is 0.833. The molecular weight excluding hydrogens is 232 g/mol. The van der Waals surface area contributed by atoms with Gasteiger partial charge in [-0.1, -0.05) is 12.8 Å². The second-order valence-electron chi connectivity index (χ2n) is 4.86. The van der Waals surface area contributed by atoms with Gasteiger partial charge in [-0.3, -0.25) is 4.68 Å². The van der Waals surface area contributed by atoms with Gasteiger partial charge in [-0.15, -0.1) is 0 Å². The highest BCUT2D eigenvalue weighted by molar-refractivity contribution is 4.80. The van der Waals surface area contributed by atoms with E-state index in [1.807, 2.05) is 7.05 Å². The van der Waals surface area contributed by atoms with Crippen LogP contribution in [0, 0.1) is 0 Å². The molecule has 1 aliphatic rings. The smallest absolute Gasteiger partial charge is 0.164 e. The molecule has 1 aromatic rings. The van der Waals surface area contributed by atoms with Gasteiger partial charge in [0.2, 0.25) is 0 Å². The van der Waals surface area contributed by atoms with E-state index >= 15 is 0 Å². The lowest BCUT2D eigenvalue weighted by molar-refractivity contribution is -0.00554. The SMILES string of the molecule is Cn1cnc(CNCC(O)COC2CCCC2)n1. The molecule has 0 aromatic carbocycles. The molecule has 1 saturated carbocycles. The van der Waals surface area contributed by atoms with Gasteiger partial charge in [-0.05, 0) is 12.8 Å². The van der Waals surface area contributed by atoms with E-state index < -0.39 is 6.10 Å². The lowest BCUT2D eigenvalue weighted by Gasteiger charge is -2.15. The van der Waals surface area contributed by atoms with Gasteiger partial charge in [-0.25, -0.2) is 4.98 Å². The van der Waals surface area contributed by atoms with Crippen LogP contribution in [0.1, 0.15) is 31.5 Å². The molecule has 18 heavy (non-hydrogen) atoms. The monoisotopic (exact) mass is 254 g/mol. The molecule has 0 aliphatic heterocycles. The summed E-state index contributed by atoms with van der Waals surface area (Å²) in [5.41, 5.74) is 0. The molecule has 0 bridgehead atoms. The van der Waals surface area contributed by atoms with E-state index in [1.165, 1.54) is 12.8 Å². The average Bonchev–Trinajstić information content (AvgIpc) is 2.98. The topological polar surface area (TPSA) is 72.2 Å². The molecule has 1 unspecified atom stereocenters. The quantitative estimate of drug-likeness (QED) is 0.728. The molecule has 1 heterocycles. The number of aryl methyl sites for hydroxylation is 1. The summed E-state index contributed by atoms with van der Waals surface area (Å²) in [5.74, 6) is 0.737. The lowest BCUT2D eigenvalue weighted by atomic mass is 10.3. The van der Waals surface area contributed by atoms with Gasteiger partial charge in [0, 0.05) is 13.6 Å². The van der Waals surface area contributed by atoms with Crippen LogP contribution in [0.25, 0.3) is 0 Å². The van der Waals surface area contributed by atoms with Crippen molar-refractivity contribution in [2.75, 3.05) is 13.2 Å². The number of ether oxygens (including phenoxy) is 1. The fourth-order valence-corrected chi connectivity index (χ4v) is 2.18. The Morgan fingerprint density at radius 1 is 1.56 bits per heavy atom. The van der Waals surface area contributed by atoms with Crippen LogP contribution in [-0.4, -0.2) is 45.2 Å². The van der Waals surface area contributed by atoms with Crippen LogP contribution >= 0.6 is 0 Å². The van der Waals surface area contributed by atoms with Crippen LogP contribution < -0.4 is 5.32 Å². The van der Waals surface area contributed by atoms with Crippen molar-refractivity contribution < 1.29 is 9.84 Å². The number of hydrogen-bond donors (Lipinski definition) is 2. The van der Waals surface area contributed by atoms with Gasteiger partial charge in [-0.2, -0.15) is 5.10 Å². The fourth-order valence-electron chi connectivity index (χ4n) is 2.18. The van der Waals surface area contributed by atoms with Crippen molar-refractivity contribution in [2.24, 2.45) is 7.05 Å². The molecule has 1 atom stereocenters. The number of aromatic nitrogens is 3. The first-order chi connectivity index (χ1) is 8.74. The first kappa shape index (κ1) is 13.5. The zero-order valence-corrected chi connectivity index (χ0v) is 10.9. The van der Waals surface area contributed by atoms with Crippen molar-refractivity contribution in [3.05, 3.63) is 12.2 Å². The number of aliphatic hydroxyl groups is 1. The predicted molar refractivity (Wildman–Crippen MR) is 66.9 cm³/mol. The van der Waals surface area contributed by atoms with E-state index in [4.69, 9.17) is 4.74 Å². The predicted octanol–water partition coefficient (Wildman–Crippen LogP) is 0.225. The van der Waals surface area contributed by atoms with Crippen LogP contribution in [0.2, 0.25) is 0 Å². The third kappa shape index (κ3) is 4.36. The molecule has 1 aliphatic carbocycles. The Hall–Kier alpha value is -0.980. The van der Waals surface area contributed by atoms with Crippen molar-refractivity contribution in [1.29, 1.82) is 0 Å². The number of nitrogens with one attached hydrogen (secondary N) is 1. The molecule has 6 nitrogen and oxygen atoms in total. The summed E-state index contributed by atoms with van der Waals surface area (Å²) in [6.07, 6.45) is 6.34. The summed E-state index contributed by atoms with van der Waals surface area (Å²) in [6, 6.07) is 0. The molecule has 0 radical (unpaired) electrons. The molecule has 102 valence electrons. The minimum atomic E-state index is -0.464. The molecule has 6 heteroatoms. The number of hydrogen-bond acceptors (Lipinski definition) is 5. The Morgan fingerprint density at radius 2 is 2.33 bits per heavy atom. The third-order valence-electron chi connectivity index (χ3n) is 3.14. The Bertz CT molecular complexity index is 350. The average molecular weight is 254 g/mol. The number of nitrogens with zero attached hydrogens (tertiary/aromatic N) is 3.